The lowest BCUT2D eigenvalue weighted by Crippen LogP contribution is -2.61. The lowest BCUT2D eigenvalue weighted by molar-refractivity contribution is 0.332. The van der Waals surface area contributed by atoms with Gasteiger partial charge in [0.1, 0.15) is 22.4 Å². The highest BCUT2D eigenvalue weighted by Gasteiger charge is 2.50. The third kappa shape index (κ3) is 5.93. The van der Waals surface area contributed by atoms with Gasteiger partial charge in [0.05, 0.1) is 11.4 Å². The number of hydrogen-bond donors (Lipinski definition) is 0. The second kappa shape index (κ2) is 14.1. The summed E-state index contributed by atoms with van der Waals surface area (Å²) in [5, 5.41) is 3.28. The van der Waals surface area contributed by atoms with E-state index in [4.69, 9.17) is 8.83 Å². The molecule has 0 radical (unpaired) electrons. The summed E-state index contributed by atoms with van der Waals surface area (Å²) in [6, 6.07) is 62.8. The lowest BCUT2D eigenvalue weighted by atomic mass is 9.45. The number of nitrogens with zero attached hydrogens (tertiary/aromatic N) is 2. The summed E-state index contributed by atoms with van der Waals surface area (Å²) in [4.78, 5) is 5.14. The Balaban J connectivity index is 1.20. The molecule has 13 rings (SSSR count). The smallest absolute Gasteiger partial charge is 0.376 e. The van der Waals surface area contributed by atoms with Crippen molar-refractivity contribution in [1.82, 2.24) is 0 Å². The molecule has 1 aliphatic carbocycles. The molecule has 0 unspecified atom stereocenters. The fourth-order valence-electron chi connectivity index (χ4n) is 11.8. The van der Waals surface area contributed by atoms with Crippen LogP contribution < -0.4 is 20.8 Å². The van der Waals surface area contributed by atoms with E-state index < -0.39 is 0 Å². The summed E-state index contributed by atoms with van der Waals surface area (Å²) in [5.41, 5.74) is 21.4. The number of rotatable bonds is 4. The number of anilines is 5. The zero-order valence-corrected chi connectivity index (χ0v) is 39.4. The average Bonchev–Trinajstić information content (AvgIpc) is 3.92. The van der Waals surface area contributed by atoms with Crippen LogP contribution in [0.25, 0.3) is 66.3 Å². The molecule has 10 aromatic rings. The van der Waals surface area contributed by atoms with Crippen LogP contribution in [0.3, 0.4) is 0 Å². The molecule has 3 aliphatic rings. The zero-order chi connectivity index (χ0) is 45.6. The molecule has 67 heavy (non-hydrogen) atoms. The van der Waals surface area contributed by atoms with Gasteiger partial charge in [-0.3, -0.25) is 0 Å². The summed E-state index contributed by atoms with van der Waals surface area (Å²) >= 11 is 0. The molecule has 0 fully saturated rings. The number of hydrogen-bond acceptors (Lipinski definition) is 4. The Morgan fingerprint density at radius 3 is 1.90 bits per heavy atom. The first kappa shape index (κ1) is 40.1. The van der Waals surface area contributed by atoms with E-state index in [0.29, 0.717) is 0 Å². The second-order valence-electron chi connectivity index (χ2n) is 21.5. The zero-order valence-electron chi connectivity index (χ0n) is 39.4. The van der Waals surface area contributed by atoms with E-state index in [-0.39, 0.29) is 23.1 Å². The van der Waals surface area contributed by atoms with Gasteiger partial charge in [0.2, 0.25) is 0 Å². The Bertz CT molecular complexity index is 3650. The summed E-state index contributed by atoms with van der Waals surface area (Å²) in [6.07, 6.45) is 2.29. The van der Waals surface area contributed by atoms with Crippen LogP contribution in [0.2, 0.25) is 0 Å². The molecule has 0 bridgehead atoms. The molecule has 4 nitrogen and oxygen atoms in total. The lowest BCUT2D eigenvalue weighted by Gasteiger charge is -2.46. The first-order valence-corrected chi connectivity index (χ1v) is 24.0. The molecule has 326 valence electrons. The largest absolute Gasteiger partial charge is 0.466 e. The van der Waals surface area contributed by atoms with Crippen molar-refractivity contribution in [2.24, 2.45) is 0 Å². The molecule has 0 saturated carbocycles. The predicted octanol–water partition coefficient (Wildman–Crippen LogP) is 16.0. The molecule has 0 atom stereocenters. The average molecular weight is 869 g/mol. The Labute approximate surface area is 393 Å². The fraction of sp³-hybridized carbons (Fsp3) is 0.194. The molecular weight excluding hydrogens is 816 g/mol. The van der Waals surface area contributed by atoms with E-state index in [2.05, 4.69) is 228 Å². The highest BCUT2D eigenvalue weighted by molar-refractivity contribution is 6.93. The van der Waals surface area contributed by atoms with Crippen molar-refractivity contribution in [3.8, 4) is 33.4 Å². The number of furan rings is 2. The maximum Gasteiger partial charge on any atom is 0.376 e. The van der Waals surface area contributed by atoms with Gasteiger partial charge in [-0.05, 0) is 123 Å². The van der Waals surface area contributed by atoms with E-state index in [9.17, 15) is 0 Å². The molecule has 0 amide bonds. The van der Waals surface area contributed by atoms with Crippen molar-refractivity contribution in [2.45, 2.75) is 77.6 Å². The highest BCUT2D eigenvalue weighted by Crippen LogP contribution is 2.55. The van der Waals surface area contributed by atoms with E-state index >= 15 is 0 Å². The van der Waals surface area contributed by atoms with Gasteiger partial charge >= 0.3 is 6.85 Å². The van der Waals surface area contributed by atoms with Crippen LogP contribution in [0.5, 0.6) is 0 Å². The van der Waals surface area contributed by atoms with Gasteiger partial charge in [-0.15, -0.1) is 0 Å². The topological polar surface area (TPSA) is 32.8 Å². The minimum atomic E-state index is -0.341. The maximum absolute atomic E-state index is 7.44. The van der Waals surface area contributed by atoms with Crippen molar-refractivity contribution in [1.29, 1.82) is 0 Å². The van der Waals surface area contributed by atoms with Gasteiger partial charge < -0.3 is 18.5 Å². The van der Waals surface area contributed by atoms with Gasteiger partial charge in [-0.25, -0.2) is 0 Å². The monoisotopic (exact) mass is 868 g/mol. The fourth-order valence-corrected chi connectivity index (χ4v) is 11.8. The van der Waals surface area contributed by atoms with Crippen molar-refractivity contribution in [2.75, 3.05) is 9.71 Å². The molecule has 2 aliphatic heterocycles. The Morgan fingerprint density at radius 2 is 1.16 bits per heavy atom. The van der Waals surface area contributed by atoms with Gasteiger partial charge in [0.25, 0.3) is 0 Å². The Kier molecular flexibility index (Phi) is 8.46. The number of para-hydroxylation sites is 2. The van der Waals surface area contributed by atoms with E-state index in [1.807, 2.05) is 0 Å². The highest BCUT2D eigenvalue weighted by atomic mass is 16.3. The summed E-state index contributed by atoms with van der Waals surface area (Å²) < 4.78 is 14.6. The molecule has 4 heterocycles. The van der Waals surface area contributed by atoms with E-state index in [0.717, 1.165) is 96.5 Å². The van der Waals surface area contributed by atoms with Crippen LogP contribution in [0.15, 0.2) is 179 Å². The summed E-state index contributed by atoms with van der Waals surface area (Å²) in [7, 11) is 0. The van der Waals surface area contributed by atoms with Crippen LogP contribution >= 0.6 is 0 Å². The van der Waals surface area contributed by atoms with E-state index in [1.165, 1.54) is 38.8 Å². The van der Waals surface area contributed by atoms with Crippen molar-refractivity contribution >= 4 is 79.3 Å². The Hall–Kier alpha value is -7.24. The minimum Gasteiger partial charge on any atom is -0.466 e. The molecule has 0 N–H and O–H groups in total. The van der Waals surface area contributed by atoms with Crippen molar-refractivity contribution in [3.05, 3.63) is 187 Å². The van der Waals surface area contributed by atoms with Gasteiger partial charge in [-0.2, -0.15) is 0 Å². The van der Waals surface area contributed by atoms with Crippen LogP contribution in [-0.2, 0) is 16.2 Å². The molecule has 0 saturated heterocycles. The van der Waals surface area contributed by atoms with Gasteiger partial charge in [-0.1, -0.05) is 164 Å². The van der Waals surface area contributed by atoms with Crippen LogP contribution in [0.1, 0.15) is 78.0 Å². The SMILES string of the molecule is CC(C)(C)c1ccc(N2c3cc4c(oc5ccccc54)c4c3B(c3oc5ccccc5c32)N(c2ccc3c(c2)C(C)(C)CCC3(C)C)c2cc(-c3ccccc3)ccc2-4)c(-c2ccccc2)c1. The summed E-state index contributed by atoms with van der Waals surface area (Å²) in [6.45, 7) is 16.3. The van der Waals surface area contributed by atoms with Crippen LogP contribution in [0.4, 0.5) is 28.4 Å². The molecule has 0 spiro atoms. The van der Waals surface area contributed by atoms with E-state index in [1.54, 1.807) is 0 Å². The summed E-state index contributed by atoms with van der Waals surface area (Å²) in [5.74, 6) is 0. The molecule has 5 heteroatoms. The van der Waals surface area contributed by atoms with Crippen molar-refractivity contribution < 1.29 is 8.83 Å². The maximum atomic E-state index is 7.44. The normalized spacial score (nSPS) is 15.7. The molecule has 8 aromatic carbocycles. The predicted molar refractivity (Wildman–Crippen MR) is 282 cm³/mol. The number of fused-ring (bicyclic) bond motifs is 11. The van der Waals surface area contributed by atoms with Gasteiger partial charge in [0.15, 0.2) is 0 Å². The quantitative estimate of drug-likeness (QED) is 0.165. The van der Waals surface area contributed by atoms with Gasteiger partial charge in [0, 0.05) is 49.9 Å². The minimum absolute atomic E-state index is 0.00974. The van der Waals surface area contributed by atoms with Crippen LogP contribution in [0, 0.1) is 0 Å². The first-order chi connectivity index (χ1) is 32.4. The molecular formula is C62H53BN2O2. The molecule has 2 aromatic heterocycles. The number of benzene rings is 8. The third-order valence-corrected chi connectivity index (χ3v) is 15.5. The van der Waals surface area contributed by atoms with Crippen LogP contribution in [-0.4, -0.2) is 6.85 Å². The standard InChI is InChI=1S/C62H53BN2O2/c1-60(2,3)41-27-31-50(46(35-41)39-20-12-9-13-21-39)64-52-37-47-43-22-14-16-24-53(43)66-58(47)55-44-29-26-40(38-18-10-8-11-19-38)34-51(44)65(42-28-30-48-49(36-42)62(6,7)33-32-61(48,4)5)63(56(52)55)59-57(64)45-23-15-17-25-54(45)67-59/h8-31,34-37H,32-33H2,1-7H3. The first-order valence-electron chi connectivity index (χ1n) is 24.0. The second-order valence-corrected chi connectivity index (χ2v) is 21.5. The van der Waals surface area contributed by atoms with Crippen molar-refractivity contribution in [3.63, 3.8) is 0 Å². The third-order valence-electron chi connectivity index (χ3n) is 15.5. The Morgan fingerprint density at radius 1 is 0.507 bits per heavy atom.